The third-order valence-corrected chi connectivity index (χ3v) is 4.43. The normalized spacial score (nSPS) is 14.7. The molecule has 2 aromatic carbocycles. The molecular weight excluding hydrogens is 306 g/mol. The van der Waals surface area contributed by atoms with Crippen molar-refractivity contribution in [3.8, 4) is 11.3 Å². The van der Waals surface area contributed by atoms with Gasteiger partial charge in [-0.2, -0.15) is 0 Å². The van der Waals surface area contributed by atoms with E-state index in [-0.39, 0.29) is 0 Å². The highest BCUT2D eigenvalue weighted by Crippen LogP contribution is 2.31. The van der Waals surface area contributed by atoms with Crippen LogP contribution >= 0.6 is 11.6 Å². The first-order valence-corrected chi connectivity index (χ1v) is 8.12. The Morgan fingerprint density at radius 2 is 1.57 bits per heavy atom. The minimum absolute atomic E-state index is 0.725. The van der Waals surface area contributed by atoms with E-state index in [1.165, 1.54) is 5.57 Å². The summed E-state index contributed by atoms with van der Waals surface area (Å²) in [4.78, 5) is 0. The van der Waals surface area contributed by atoms with Gasteiger partial charge < -0.3 is 5.32 Å². The summed E-state index contributed by atoms with van der Waals surface area (Å²) < 4.78 is 0. The van der Waals surface area contributed by atoms with Gasteiger partial charge >= 0.3 is 0 Å². The van der Waals surface area contributed by atoms with Crippen molar-refractivity contribution < 1.29 is 0 Å². The van der Waals surface area contributed by atoms with Crippen LogP contribution in [0, 0.1) is 0 Å². The lowest BCUT2D eigenvalue weighted by atomic mass is 9.98. The lowest BCUT2D eigenvalue weighted by Gasteiger charge is -2.16. The molecule has 0 unspecified atom stereocenters. The quantitative estimate of drug-likeness (QED) is 0.763. The minimum Gasteiger partial charge on any atom is -0.313 e. The highest BCUT2D eigenvalue weighted by molar-refractivity contribution is 6.30. The van der Waals surface area contributed by atoms with Crippen LogP contribution in [-0.2, 0) is 0 Å². The van der Waals surface area contributed by atoms with Crippen LogP contribution < -0.4 is 5.32 Å². The second kappa shape index (κ2) is 6.11. The second-order valence-corrected chi connectivity index (χ2v) is 6.07. The summed E-state index contributed by atoms with van der Waals surface area (Å²) in [6, 6.07) is 16.1. The van der Waals surface area contributed by atoms with Gasteiger partial charge in [0.15, 0.2) is 0 Å². The van der Waals surface area contributed by atoms with Crippen molar-refractivity contribution in [2.75, 3.05) is 13.1 Å². The molecule has 4 heteroatoms. The first-order valence-electron chi connectivity index (χ1n) is 7.74. The number of nitrogens with one attached hydrogen (secondary N) is 1. The maximum absolute atomic E-state index is 5.99. The van der Waals surface area contributed by atoms with Gasteiger partial charge in [0.2, 0.25) is 0 Å². The van der Waals surface area contributed by atoms with E-state index < -0.39 is 0 Å². The molecule has 0 bridgehead atoms. The molecule has 0 amide bonds. The van der Waals surface area contributed by atoms with Crippen LogP contribution in [-0.4, -0.2) is 23.3 Å². The van der Waals surface area contributed by atoms with Crippen LogP contribution in [0.2, 0.25) is 5.02 Å². The molecule has 3 nitrogen and oxygen atoms in total. The Morgan fingerprint density at radius 3 is 2.26 bits per heavy atom. The van der Waals surface area contributed by atoms with Gasteiger partial charge in [-0.05, 0) is 30.7 Å². The lowest BCUT2D eigenvalue weighted by molar-refractivity contribution is 0.736. The van der Waals surface area contributed by atoms with Gasteiger partial charge in [-0.25, -0.2) is 0 Å². The Balaban J connectivity index is 1.92. The Kier molecular flexibility index (Phi) is 3.82. The highest BCUT2D eigenvalue weighted by atomic mass is 35.5. The third-order valence-electron chi connectivity index (χ3n) is 4.17. The first-order chi connectivity index (χ1) is 11.3. The number of halogens is 1. The summed E-state index contributed by atoms with van der Waals surface area (Å²) in [5.41, 5.74) is 4.20. The molecule has 0 fully saturated rings. The fourth-order valence-electron chi connectivity index (χ4n) is 3.00. The predicted molar refractivity (Wildman–Crippen MR) is 95.4 cm³/mol. The Labute approximate surface area is 140 Å². The molecule has 0 saturated heterocycles. The van der Waals surface area contributed by atoms with Crippen molar-refractivity contribution in [1.82, 2.24) is 15.5 Å². The molecule has 1 aliphatic heterocycles. The largest absolute Gasteiger partial charge is 0.313 e. The van der Waals surface area contributed by atoms with E-state index in [9.17, 15) is 0 Å². The van der Waals surface area contributed by atoms with Crippen LogP contribution in [0.5, 0.6) is 0 Å². The van der Waals surface area contributed by atoms with E-state index >= 15 is 0 Å². The fraction of sp³-hybridized carbons (Fsp3) is 0.158. The molecule has 0 atom stereocenters. The number of fused-ring (bicyclic) bond motifs is 1. The van der Waals surface area contributed by atoms with Gasteiger partial charge in [0.25, 0.3) is 0 Å². The number of aromatic nitrogens is 2. The van der Waals surface area contributed by atoms with Crippen LogP contribution in [0.4, 0.5) is 0 Å². The minimum atomic E-state index is 0.725. The second-order valence-electron chi connectivity index (χ2n) is 5.63. The zero-order chi connectivity index (χ0) is 15.6. The molecule has 114 valence electrons. The summed E-state index contributed by atoms with van der Waals surface area (Å²) in [5.74, 6) is 0. The standard InChI is InChI=1S/C19H16ClN3/c20-15-7-5-13(6-8-15)18-16-3-1-2-4-17(16)19(23-22-18)14-9-11-21-12-10-14/h1-9,21H,10-12H2. The molecule has 0 radical (unpaired) electrons. The van der Waals surface area contributed by atoms with Crippen LogP contribution in [0.15, 0.2) is 54.6 Å². The third kappa shape index (κ3) is 2.74. The maximum atomic E-state index is 5.99. The maximum Gasteiger partial charge on any atom is 0.101 e. The fourth-order valence-corrected chi connectivity index (χ4v) is 3.13. The molecule has 3 aromatic rings. The van der Waals surface area contributed by atoms with Crippen molar-refractivity contribution in [3.63, 3.8) is 0 Å². The number of benzene rings is 2. The van der Waals surface area contributed by atoms with E-state index in [1.807, 2.05) is 30.3 Å². The zero-order valence-corrected chi connectivity index (χ0v) is 13.3. The van der Waals surface area contributed by atoms with Crippen molar-refractivity contribution in [3.05, 3.63) is 65.3 Å². The van der Waals surface area contributed by atoms with E-state index in [4.69, 9.17) is 11.6 Å². The van der Waals surface area contributed by atoms with Crippen LogP contribution in [0.25, 0.3) is 27.6 Å². The van der Waals surface area contributed by atoms with E-state index in [1.54, 1.807) is 0 Å². The molecule has 0 spiro atoms. The summed E-state index contributed by atoms with van der Waals surface area (Å²) in [6.07, 6.45) is 3.20. The molecule has 4 rings (SSSR count). The summed E-state index contributed by atoms with van der Waals surface area (Å²) >= 11 is 5.99. The highest BCUT2D eigenvalue weighted by Gasteiger charge is 2.15. The van der Waals surface area contributed by atoms with Gasteiger partial charge in [0.05, 0.1) is 5.69 Å². The number of rotatable bonds is 2. The van der Waals surface area contributed by atoms with Crippen molar-refractivity contribution in [2.45, 2.75) is 6.42 Å². The topological polar surface area (TPSA) is 37.8 Å². The molecule has 1 aliphatic rings. The van der Waals surface area contributed by atoms with Crippen LogP contribution in [0.1, 0.15) is 12.1 Å². The van der Waals surface area contributed by atoms with Gasteiger partial charge in [-0.1, -0.05) is 54.1 Å². The molecule has 23 heavy (non-hydrogen) atoms. The van der Waals surface area contributed by atoms with Gasteiger partial charge in [-0.3, -0.25) is 0 Å². The van der Waals surface area contributed by atoms with E-state index in [2.05, 4.69) is 39.8 Å². The van der Waals surface area contributed by atoms with Crippen molar-refractivity contribution in [1.29, 1.82) is 0 Å². The number of hydrogen-bond acceptors (Lipinski definition) is 3. The smallest absolute Gasteiger partial charge is 0.101 e. The molecule has 0 saturated carbocycles. The average molecular weight is 322 g/mol. The van der Waals surface area contributed by atoms with Crippen LogP contribution in [0.3, 0.4) is 0 Å². The summed E-state index contributed by atoms with van der Waals surface area (Å²) in [6.45, 7) is 1.88. The van der Waals surface area contributed by atoms with Gasteiger partial charge in [0, 0.05) is 27.9 Å². The average Bonchev–Trinajstić information content (AvgIpc) is 2.62. The zero-order valence-electron chi connectivity index (χ0n) is 12.6. The first kappa shape index (κ1) is 14.4. The van der Waals surface area contributed by atoms with Gasteiger partial charge in [0.1, 0.15) is 5.69 Å². The van der Waals surface area contributed by atoms with Crippen molar-refractivity contribution >= 4 is 27.9 Å². The Morgan fingerprint density at radius 1 is 0.870 bits per heavy atom. The summed E-state index contributed by atoms with van der Waals surface area (Å²) in [5, 5.41) is 15.4. The Hall–Kier alpha value is -2.23. The van der Waals surface area contributed by atoms with Gasteiger partial charge in [-0.15, -0.1) is 10.2 Å². The number of nitrogens with zero attached hydrogens (tertiary/aromatic N) is 2. The molecule has 1 N–H and O–H groups in total. The van der Waals surface area contributed by atoms with Crippen molar-refractivity contribution in [2.24, 2.45) is 0 Å². The SMILES string of the molecule is Clc1ccc(-c2nnc(C3=CCNCC3)c3ccccc23)cc1. The van der Waals surface area contributed by atoms with E-state index in [0.29, 0.717) is 0 Å². The summed E-state index contributed by atoms with van der Waals surface area (Å²) in [7, 11) is 0. The number of hydrogen-bond donors (Lipinski definition) is 1. The van der Waals surface area contributed by atoms with E-state index in [0.717, 1.165) is 52.3 Å². The molecule has 2 heterocycles. The molecular formula is C19H16ClN3. The Bertz CT molecular complexity index is 885. The lowest BCUT2D eigenvalue weighted by Crippen LogP contribution is -2.20. The monoisotopic (exact) mass is 321 g/mol. The molecule has 0 aliphatic carbocycles. The predicted octanol–water partition coefficient (Wildman–Crippen LogP) is 4.33. The molecule has 1 aromatic heterocycles.